The first-order chi connectivity index (χ1) is 18.5. The van der Waals surface area contributed by atoms with Crippen molar-refractivity contribution in [2.75, 3.05) is 12.4 Å². The number of hydrogen-bond acceptors (Lipinski definition) is 6. The molecule has 3 aromatic carbocycles. The van der Waals surface area contributed by atoms with Gasteiger partial charge < -0.3 is 14.8 Å². The van der Waals surface area contributed by atoms with Gasteiger partial charge in [0, 0.05) is 23.3 Å². The van der Waals surface area contributed by atoms with Gasteiger partial charge in [-0.15, -0.1) is 5.10 Å². The molecule has 0 saturated heterocycles. The number of carbonyl (C=O) groups excluding carboxylic acids is 1. The van der Waals surface area contributed by atoms with Crippen molar-refractivity contribution in [3.8, 4) is 22.9 Å². The first-order valence-electron chi connectivity index (χ1n) is 12.3. The maximum Gasteiger partial charge on any atom is 0.226 e. The second kappa shape index (κ2) is 10.2. The standard InChI is InChI=1S/C29H24Cl2N4O3/c1-37-25-15-18(11-13-24(25)38-16-17-6-3-2-4-7-17)27-26-22(8-5-9-23(26)36)32-29-33-28(34-35(27)29)19-10-12-20(30)21(31)14-19/h2-4,6-7,10-15,27H,5,8-9,16H2,1H3,(H,32,33,34). The van der Waals surface area contributed by atoms with Crippen molar-refractivity contribution < 1.29 is 14.3 Å². The molecule has 0 radical (unpaired) electrons. The Morgan fingerprint density at radius 2 is 1.84 bits per heavy atom. The number of nitrogens with one attached hydrogen (secondary N) is 1. The van der Waals surface area contributed by atoms with Crippen LogP contribution in [0.25, 0.3) is 11.4 Å². The van der Waals surface area contributed by atoms with Gasteiger partial charge in [-0.25, -0.2) is 4.68 Å². The highest BCUT2D eigenvalue weighted by molar-refractivity contribution is 6.42. The van der Waals surface area contributed by atoms with E-state index in [-0.39, 0.29) is 5.78 Å². The van der Waals surface area contributed by atoms with Gasteiger partial charge in [-0.3, -0.25) is 4.79 Å². The van der Waals surface area contributed by atoms with Crippen molar-refractivity contribution in [2.24, 2.45) is 0 Å². The maximum absolute atomic E-state index is 13.2. The highest BCUT2D eigenvalue weighted by Crippen LogP contribution is 2.43. The van der Waals surface area contributed by atoms with E-state index < -0.39 is 6.04 Å². The molecule has 1 aromatic heterocycles. The molecule has 0 bridgehead atoms. The van der Waals surface area contributed by atoms with Crippen LogP contribution in [0.4, 0.5) is 5.95 Å². The van der Waals surface area contributed by atoms with Crippen molar-refractivity contribution in [3.63, 3.8) is 0 Å². The predicted octanol–water partition coefficient (Wildman–Crippen LogP) is 6.86. The van der Waals surface area contributed by atoms with Gasteiger partial charge >= 0.3 is 0 Å². The zero-order chi connectivity index (χ0) is 26.2. The topological polar surface area (TPSA) is 78.3 Å². The van der Waals surface area contributed by atoms with Crippen LogP contribution in [0.15, 0.2) is 78.0 Å². The number of ether oxygens (including phenoxy) is 2. The Labute approximate surface area is 230 Å². The number of fused-ring (bicyclic) bond motifs is 1. The zero-order valence-corrected chi connectivity index (χ0v) is 22.1. The third kappa shape index (κ3) is 4.52. The molecule has 0 fully saturated rings. The molecule has 6 rings (SSSR count). The van der Waals surface area contributed by atoms with Crippen LogP contribution >= 0.6 is 23.2 Å². The molecular weight excluding hydrogens is 523 g/mol. The Balaban J connectivity index is 1.40. The molecule has 1 unspecified atom stereocenters. The fourth-order valence-corrected chi connectivity index (χ4v) is 5.23. The molecule has 2 heterocycles. The minimum Gasteiger partial charge on any atom is -0.493 e. The number of halogens is 2. The summed E-state index contributed by atoms with van der Waals surface area (Å²) in [6.45, 7) is 0.415. The summed E-state index contributed by atoms with van der Waals surface area (Å²) in [6, 6.07) is 20.5. The van der Waals surface area contributed by atoms with Crippen LogP contribution in [-0.4, -0.2) is 27.7 Å². The van der Waals surface area contributed by atoms with Gasteiger partial charge in [-0.2, -0.15) is 4.98 Å². The van der Waals surface area contributed by atoms with Crippen LogP contribution in [-0.2, 0) is 11.4 Å². The van der Waals surface area contributed by atoms with Crippen LogP contribution in [0.1, 0.15) is 36.4 Å². The monoisotopic (exact) mass is 546 g/mol. The van der Waals surface area contributed by atoms with Crippen LogP contribution in [0.5, 0.6) is 11.5 Å². The number of ketones is 1. The summed E-state index contributed by atoms with van der Waals surface area (Å²) in [4.78, 5) is 18.0. The van der Waals surface area contributed by atoms with E-state index in [1.54, 1.807) is 23.9 Å². The fourth-order valence-electron chi connectivity index (χ4n) is 4.93. The lowest BCUT2D eigenvalue weighted by Gasteiger charge is -2.32. The van der Waals surface area contributed by atoms with Crippen molar-refractivity contribution in [1.82, 2.24) is 14.8 Å². The predicted molar refractivity (Wildman–Crippen MR) is 147 cm³/mol. The summed E-state index contributed by atoms with van der Waals surface area (Å²) in [5, 5.41) is 9.05. The second-order valence-corrected chi connectivity index (χ2v) is 10.0. The lowest BCUT2D eigenvalue weighted by Crippen LogP contribution is -2.31. The van der Waals surface area contributed by atoms with E-state index in [1.165, 1.54) is 0 Å². The Morgan fingerprint density at radius 3 is 2.63 bits per heavy atom. The third-order valence-corrected chi connectivity index (χ3v) is 7.53. The van der Waals surface area contributed by atoms with E-state index in [4.69, 9.17) is 42.8 Å². The average Bonchev–Trinajstić information content (AvgIpc) is 3.36. The summed E-state index contributed by atoms with van der Waals surface area (Å²) in [7, 11) is 1.61. The first kappa shape index (κ1) is 24.5. The molecule has 2 aliphatic rings. The van der Waals surface area contributed by atoms with E-state index >= 15 is 0 Å². The van der Waals surface area contributed by atoms with Crippen LogP contribution < -0.4 is 14.8 Å². The highest BCUT2D eigenvalue weighted by Gasteiger charge is 2.37. The summed E-state index contributed by atoms with van der Waals surface area (Å²) in [5.41, 5.74) is 4.23. The number of allylic oxidation sites excluding steroid dienone is 2. The smallest absolute Gasteiger partial charge is 0.226 e. The summed E-state index contributed by atoms with van der Waals surface area (Å²) in [5.74, 6) is 2.35. The number of anilines is 1. The molecule has 4 aromatic rings. The number of aromatic nitrogens is 3. The summed E-state index contributed by atoms with van der Waals surface area (Å²) >= 11 is 12.4. The van der Waals surface area contributed by atoms with E-state index in [0.29, 0.717) is 51.9 Å². The molecule has 0 saturated carbocycles. The lowest BCUT2D eigenvalue weighted by atomic mass is 9.85. The van der Waals surface area contributed by atoms with Crippen LogP contribution in [0, 0.1) is 0 Å². The normalized spacial score (nSPS) is 16.5. The zero-order valence-electron chi connectivity index (χ0n) is 20.6. The van der Waals surface area contributed by atoms with Crippen molar-refractivity contribution >= 4 is 34.9 Å². The first-order valence-corrected chi connectivity index (χ1v) is 13.1. The summed E-state index contributed by atoms with van der Waals surface area (Å²) in [6.07, 6.45) is 2.05. The second-order valence-electron chi connectivity index (χ2n) is 9.21. The van der Waals surface area contributed by atoms with Gasteiger partial charge in [-0.1, -0.05) is 59.6 Å². The average molecular weight is 547 g/mol. The largest absolute Gasteiger partial charge is 0.493 e. The van der Waals surface area contributed by atoms with Crippen LogP contribution in [0.2, 0.25) is 10.0 Å². The SMILES string of the molecule is COc1cc(C2C3=C(CCCC3=O)Nc3nc(-c4ccc(Cl)c(Cl)c4)nn32)ccc1OCc1ccccc1. The number of hydrogen-bond donors (Lipinski definition) is 1. The molecule has 192 valence electrons. The Morgan fingerprint density at radius 1 is 1.00 bits per heavy atom. The Hall–Kier alpha value is -3.81. The summed E-state index contributed by atoms with van der Waals surface area (Å²) < 4.78 is 13.5. The minimum atomic E-state index is -0.463. The lowest BCUT2D eigenvalue weighted by molar-refractivity contribution is -0.116. The molecule has 7 nitrogen and oxygen atoms in total. The molecule has 1 aliphatic heterocycles. The number of rotatable bonds is 6. The molecule has 1 N–H and O–H groups in total. The number of nitrogens with zero attached hydrogens (tertiary/aromatic N) is 3. The Kier molecular flexibility index (Phi) is 6.55. The molecule has 1 atom stereocenters. The molecule has 0 amide bonds. The number of Topliss-reactive ketones (excluding diaryl/α,β-unsaturated/α-hetero) is 1. The molecular formula is C29H24Cl2N4O3. The molecule has 0 spiro atoms. The fraction of sp³-hybridized carbons (Fsp3) is 0.207. The van der Waals surface area contributed by atoms with Gasteiger partial charge in [0.05, 0.1) is 17.2 Å². The van der Waals surface area contributed by atoms with Gasteiger partial charge in [0.1, 0.15) is 12.6 Å². The van der Waals surface area contributed by atoms with Gasteiger partial charge in [-0.05, 0) is 54.3 Å². The van der Waals surface area contributed by atoms with Crippen molar-refractivity contribution in [3.05, 3.63) is 99.2 Å². The molecule has 38 heavy (non-hydrogen) atoms. The maximum atomic E-state index is 13.2. The number of methoxy groups -OCH3 is 1. The van der Waals surface area contributed by atoms with E-state index in [1.807, 2.05) is 54.6 Å². The molecule has 1 aliphatic carbocycles. The van der Waals surface area contributed by atoms with E-state index in [2.05, 4.69) is 5.32 Å². The van der Waals surface area contributed by atoms with E-state index in [0.717, 1.165) is 35.2 Å². The Bertz CT molecular complexity index is 1570. The molecule has 9 heteroatoms. The van der Waals surface area contributed by atoms with Gasteiger partial charge in [0.2, 0.25) is 5.95 Å². The van der Waals surface area contributed by atoms with Crippen LogP contribution in [0.3, 0.4) is 0 Å². The van der Waals surface area contributed by atoms with E-state index in [9.17, 15) is 4.79 Å². The van der Waals surface area contributed by atoms with Gasteiger partial charge in [0.25, 0.3) is 0 Å². The number of benzene rings is 3. The highest BCUT2D eigenvalue weighted by atomic mass is 35.5. The quantitative estimate of drug-likeness (QED) is 0.284. The van der Waals surface area contributed by atoms with Gasteiger partial charge in [0.15, 0.2) is 23.1 Å². The van der Waals surface area contributed by atoms with Crippen molar-refractivity contribution in [1.29, 1.82) is 0 Å². The minimum absolute atomic E-state index is 0.101. The van der Waals surface area contributed by atoms with Crippen molar-refractivity contribution in [2.45, 2.75) is 31.9 Å². The number of carbonyl (C=O) groups is 1. The third-order valence-electron chi connectivity index (χ3n) is 6.79.